The maximum atomic E-state index is 13.3. The van der Waals surface area contributed by atoms with Crippen LogP contribution in [0.1, 0.15) is 17.0 Å². The molecular formula is C21H16FNO3. The minimum absolute atomic E-state index is 0.0257. The van der Waals surface area contributed by atoms with Gasteiger partial charge in [0.1, 0.15) is 18.2 Å². The fourth-order valence-electron chi connectivity index (χ4n) is 3.35. The predicted octanol–water partition coefficient (Wildman–Crippen LogP) is 4.89. The Morgan fingerprint density at radius 3 is 2.27 bits per heavy atom. The summed E-state index contributed by atoms with van der Waals surface area (Å²) in [5, 5.41) is 12.1. The quantitative estimate of drug-likeness (QED) is 0.662. The van der Waals surface area contributed by atoms with Gasteiger partial charge in [0.2, 0.25) is 0 Å². The SMILES string of the molecule is O=C(Nc1cc(F)ccc1O)OCC1c2ccccc2-c2ccccc21. The zero-order chi connectivity index (χ0) is 18.1. The van der Waals surface area contributed by atoms with Crippen molar-refractivity contribution >= 4 is 11.8 Å². The number of halogens is 1. The van der Waals surface area contributed by atoms with Crippen molar-refractivity contribution in [1.82, 2.24) is 0 Å². The molecule has 0 atom stereocenters. The lowest BCUT2D eigenvalue weighted by Gasteiger charge is -2.15. The van der Waals surface area contributed by atoms with Crippen molar-refractivity contribution in [1.29, 1.82) is 0 Å². The molecule has 130 valence electrons. The number of fused-ring (bicyclic) bond motifs is 3. The molecule has 0 unspecified atom stereocenters. The Hall–Kier alpha value is -3.34. The molecule has 0 saturated heterocycles. The first-order chi connectivity index (χ1) is 12.6. The van der Waals surface area contributed by atoms with Crippen LogP contribution < -0.4 is 5.32 Å². The van der Waals surface area contributed by atoms with E-state index in [4.69, 9.17) is 4.74 Å². The van der Waals surface area contributed by atoms with Gasteiger partial charge in [0, 0.05) is 12.0 Å². The Morgan fingerprint density at radius 1 is 1.00 bits per heavy atom. The minimum atomic E-state index is -0.743. The highest BCUT2D eigenvalue weighted by atomic mass is 19.1. The molecule has 26 heavy (non-hydrogen) atoms. The van der Waals surface area contributed by atoms with Crippen LogP contribution in [0.25, 0.3) is 11.1 Å². The summed E-state index contributed by atoms with van der Waals surface area (Å²) in [6.45, 7) is 0.149. The first-order valence-electron chi connectivity index (χ1n) is 8.24. The van der Waals surface area contributed by atoms with E-state index in [0.29, 0.717) is 0 Å². The van der Waals surface area contributed by atoms with Crippen molar-refractivity contribution in [2.24, 2.45) is 0 Å². The molecule has 2 N–H and O–H groups in total. The molecule has 0 bridgehead atoms. The Kier molecular flexibility index (Phi) is 4.05. The third-order valence-electron chi connectivity index (χ3n) is 4.54. The van der Waals surface area contributed by atoms with Crippen LogP contribution in [0.4, 0.5) is 14.9 Å². The van der Waals surface area contributed by atoms with Crippen molar-refractivity contribution in [2.45, 2.75) is 5.92 Å². The van der Waals surface area contributed by atoms with Gasteiger partial charge in [-0.1, -0.05) is 48.5 Å². The van der Waals surface area contributed by atoms with Gasteiger partial charge in [0.05, 0.1) is 5.69 Å². The van der Waals surface area contributed by atoms with Crippen molar-refractivity contribution in [3.8, 4) is 16.9 Å². The molecule has 0 heterocycles. The number of amides is 1. The number of aromatic hydroxyl groups is 1. The topological polar surface area (TPSA) is 58.6 Å². The van der Waals surface area contributed by atoms with Crippen LogP contribution in [0.3, 0.4) is 0 Å². The Morgan fingerprint density at radius 2 is 1.62 bits per heavy atom. The lowest BCUT2D eigenvalue weighted by atomic mass is 9.98. The van der Waals surface area contributed by atoms with E-state index in [9.17, 15) is 14.3 Å². The van der Waals surface area contributed by atoms with E-state index in [1.165, 1.54) is 6.07 Å². The Labute approximate surface area is 149 Å². The molecule has 3 aromatic rings. The average molecular weight is 349 g/mol. The highest BCUT2D eigenvalue weighted by Crippen LogP contribution is 2.44. The van der Waals surface area contributed by atoms with Crippen LogP contribution in [0.2, 0.25) is 0 Å². The summed E-state index contributed by atoms with van der Waals surface area (Å²) in [6.07, 6.45) is -0.743. The number of carbonyl (C=O) groups is 1. The third-order valence-corrected chi connectivity index (χ3v) is 4.54. The van der Waals surface area contributed by atoms with Crippen LogP contribution in [0.5, 0.6) is 5.75 Å². The third kappa shape index (κ3) is 2.88. The maximum Gasteiger partial charge on any atom is 0.411 e. The Balaban J connectivity index is 1.51. The van der Waals surface area contributed by atoms with E-state index in [1.807, 2.05) is 36.4 Å². The molecule has 0 fully saturated rings. The summed E-state index contributed by atoms with van der Waals surface area (Å²) < 4.78 is 18.6. The van der Waals surface area contributed by atoms with Crippen molar-refractivity contribution in [2.75, 3.05) is 11.9 Å². The molecule has 0 radical (unpaired) electrons. The highest BCUT2D eigenvalue weighted by molar-refractivity contribution is 5.87. The molecule has 1 aliphatic rings. The van der Waals surface area contributed by atoms with E-state index in [0.717, 1.165) is 34.4 Å². The smallest absolute Gasteiger partial charge is 0.411 e. The molecule has 1 aliphatic carbocycles. The van der Waals surface area contributed by atoms with Gasteiger partial charge < -0.3 is 9.84 Å². The predicted molar refractivity (Wildman–Crippen MR) is 96.8 cm³/mol. The molecule has 4 rings (SSSR count). The average Bonchev–Trinajstić information content (AvgIpc) is 2.97. The van der Waals surface area contributed by atoms with Crippen molar-refractivity contribution in [3.05, 3.63) is 83.7 Å². The number of benzene rings is 3. The van der Waals surface area contributed by atoms with Gasteiger partial charge in [-0.05, 0) is 34.4 Å². The molecule has 4 nitrogen and oxygen atoms in total. The fraction of sp³-hybridized carbons (Fsp3) is 0.0952. The number of ether oxygens (including phenoxy) is 1. The zero-order valence-electron chi connectivity index (χ0n) is 13.8. The summed E-state index contributed by atoms with van der Waals surface area (Å²) in [4.78, 5) is 12.1. The van der Waals surface area contributed by atoms with Gasteiger partial charge in [-0.15, -0.1) is 0 Å². The molecule has 0 aromatic heterocycles. The summed E-state index contributed by atoms with van der Waals surface area (Å²) in [5.41, 5.74) is 4.46. The number of nitrogens with one attached hydrogen (secondary N) is 1. The first kappa shape index (κ1) is 16.1. The van der Waals surface area contributed by atoms with Gasteiger partial charge in [-0.3, -0.25) is 5.32 Å². The second-order valence-corrected chi connectivity index (χ2v) is 6.11. The number of rotatable bonds is 3. The maximum absolute atomic E-state index is 13.3. The molecule has 1 amide bonds. The van der Waals surface area contributed by atoms with Crippen molar-refractivity contribution < 1.29 is 19.0 Å². The van der Waals surface area contributed by atoms with E-state index in [1.54, 1.807) is 0 Å². The van der Waals surface area contributed by atoms with Gasteiger partial charge >= 0.3 is 6.09 Å². The van der Waals surface area contributed by atoms with Crippen LogP contribution >= 0.6 is 0 Å². The van der Waals surface area contributed by atoms with Gasteiger partial charge in [-0.25, -0.2) is 9.18 Å². The molecule has 0 saturated carbocycles. The number of phenols is 1. The zero-order valence-corrected chi connectivity index (χ0v) is 13.8. The number of phenolic OH excluding ortho intramolecular Hbond substituents is 1. The number of anilines is 1. The lowest BCUT2D eigenvalue weighted by molar-refractivity contribution is 0.158. The number of carbonyl (C=O) groups excluding carboxylic acids is 1. The molecule has 3 aromatic carbocycles. The normalized spacial score (nSPS) is 12.3. The second kappa shape index (κ2) is 6.52. The van der Waals surface area contributed by atoms with Crippen LogP contribution in [0.15, 0.2) is 66.7 Å². The van der Waals surface area contributed by atoms with E-state index < -0.39 is 11.9 Å². The summed E-state index contributed by atoms with van der Waals surface area (Å²) in [5.74, 6) is -0.842. The van der Waals surface area contributed by atoms with Gasteiger partial charge in [0.15, 0.2) is 0 Å². The standard InChI is InChI=1S/C21H16FNO3/c22-13-9-10-20(24)19(11-13)23-21(25)26-12-18-16-7-3-1-5-14(16)15-6-2-4-8-17(15)18/h1-11,18,24H,12H2,(H,23,25). The number of hydrogen-bond donors (Lipinski definition) is 2. The molecule has 0 spiro atoms. The summed E-state index contributed by atoms with van der Waals surface area (Å²) in [7, 11) is 0. The lowest BCUT2D eigenvalue weighted by Crippen LogP contribution is -2.18. The largest absolute Gasteiger partial charge is 0.506 e. The minimum Gasteiger partial charge on any atom is -0.506 e. The fourth-order valence-corrected chi connectivity index (χ4v) is 3.35. The molecule has 5 heteroatoms. The summed E-state index contributed by atoms with van der Waals surface area (Å²) >= 11 is 0. The monoisotopic (exact) mass is 349 g/mol. The second-order valence-electron chi connectivity index (χ2n) is 6.11. The van der Waals surface area contributed by atoms with E-state index in [2.05, 4.69) is 17.4 Å². The van der Waals surface area contributed by atoms with Gasteiger partial charge in [-0.2, -0.15) is 0 Å². The molecule has 0 aliphatic heterocycles. The van der Waals surface area contributed by atoms with Crippen LogP contribution in [-0.4, -0.2) is 17.8 Å². The Bertz CT molecular complexity index is 941. The van der Waals surface area contributed by atoms with Crippen LogP contribution in [-0.2, 0) is 4.74 Å². The van der Waals surface area contributed by atoms with E-state index >= 15 is 0 Å². The van der Waals surface area contributed by atoms with Gasteiger partial charge in [0.25, 0.3) is 0 Å². The van der Waals surface area contributed by atoms with E-state index in [-0.39, 0.29) is 24.0 Å². The van der Waals surface area contributed by atoms with Crippen molar-refractivity contribution in [3.63, 3.8) is 0 Å². The number of hydrogen-bond acceptors (Lipinski definition) is 3. The molecular weight excluding hydrogens is 333 g/mol. The van der Waals surface area contributed by atoms with Crippen LogP contribution in [0, 0.1) is 5.82 Å². The first-order valence-corrected chi connectivity index (χ1v) is 8.24. The highest BCUT2D eigenvalue weighted by Gasteiger charge is 2.29. The summed E-state index contributed by atoms with van der Waals surface area (Å²) in [6, 6.07) is 19.4.